The summed E-state index contributed by atoms with van der Waals surface area (Å²) in [6.07, 6.45) is 0. The highest BCUT2D eigenvalue weighted by Crippen LogP contribution is 2.01. The van der Waals surface area contributed by atoms with E-state index in [9.17, 15) is 4.79 Å². The largest absolute Gasteiger partial charge is 0.343 e. The second-order valence-corrected chi connectivity index (χ2v) is 4.68. The smallest absolute Gasteiger partial charge is 0.236 e. The van der Waals surface area contributed by atoms with E-state index in [1.807, 2.05) is 11.9 Å². The summed E-state index contributed by atoms with van der Waals surface area (Å²) in [4.78, 5) is 18.1. The van der Waals surface area contributed by atoms with Gasteiger partial charge in [-0.1, -0.05) is 0 Å². The second-order valence-electron chi connectivity index (χ2n) is 4.68. The van der Waals surface area contributed by atoms with Gasteiger partial charge in [-0.25, -0.2) is 0 Å². The first kappa shape index (κ1) is 11.8. The molecule has 0 bridgehead atoms. The van der Waals surface area contributed by atoms with Crippen LogP contribution in [0.3, 0.4) is 0 Å². The quantitative estimate of drug-likeness (QED) is 0.647. The van der Waals surface area contributed by atoms with Crippen LogP contribution in [0, 0.1) is 0 Å². The van der Waals surface area contributed by atoms with Crippen LogP contribution in [0.25, 0.3) is 0 Å². The van der Waals surface area contributed by atoms with Crippen molar-refractivity contribution >= 4 is 5.91 Å². The van der Waals surface area contributed by atoms with Crippen LogP contribution in [0.5, 0.6) is 0 Å². The molecule has 0 aromatic rings. The van der Waals surface area contributed by atoms with Crippen LogP contribution in [0.15, 0.2) is 0 Å². The van der Waals surface area contributed by atoms with Gasteiger partial charge in [0.2, 0.25) is 5.91 Å². The lowest BCUT2D eigenvalue weighted by molar-refractivity contribution is -0.134. The lowest BCUT2D eigenvalue weighted by Gasteiger charge is -2.34. The fourth-order valence-corrected chi connectivity index (χ4v) is 2.22. The number of likely N-dealkylation sites (N-methyl/N-ethyl adjacent to an activating group) is 1. The molecular formula is C11H22N4O. The maximum absolute atomic E-state index is 11.5. The number of nitrogens with zero attached hydrogens (tertiary/aromatic N) is 3. The molecule has 16 heavy (non-hydrogen) atoms. The molecule has 2 saturated heterocycles. The van der Waals surface area contributed by atoms with E-state index in [1.54, 1.807) is 0 Å². The highest BCUT2D eigenvalue weighted by atomic mass is 16.2. The molecule has 0 saturated carbocycles. The molecule has 0 unspecified atom stereocenters. The van der Waals surface area contributed by atoms with Gasteiger partial charge < -0.3 is 10.2 Å². The van der Waals surface area contributed by atoms with E-state index in [0.717, 1.165) is 52.4 Å². The summed E-state index contributed by atoms with van der Waals surface area (Å²) < 4.78 is 0. The molecule has 0 atom stereocenters. The van der Waals surface area contributed by atoms with Crippen molar-refractivity contribution < 1.29 is 4.79 Å². The van der Waals surface area contributed by atoms with Crippen molar-refractivity contribution in [1.29, 1.82) is 0 Å². The van der Waals surface area contributed by atoms with Crippen molar-refractivity contribution in [3.05, 3.63) is 0 Å². The van der Waals surface area contributed by atoms with Crippen LogP contribution in [-0.4, -0.2) is 86.6 Å². The Morgan fingerprint density at radius 3 is 2.44 bits per heavy atom. The standard InChI is InChI=1S/C11H22N4O/c1-13-6-7-15(10-11(13)16)9-8-14-4-2-12-3-5-14/h12H,2-10H2,1H3. The third kappa shape index (κ3) is 3.17. The van der Waals surface area contributed by atoms with Crippen molar-refractivity contribution in [3.63, 3.8) is 0 Å². The molecule has 2 heterocycles. The minimum Gasteiger partial charge on any atom is -0.343 e. The minimum atomic E-state index is 0.256. The van der Waals surface area contributed by atoms with Gasteiger partial charge in [0.15, 0.2) is 0 Å². The molecule has 92 valence electrons. The van der Waals surface area contributed by atoms with E-state index >= 15 is 0 Å². The number of hydrogen-bond donors (Lipinski definition) is 1. The van der Waals surface area contributed by atoms with Crippen LogP contribution >= 0.6 is 0 Å². The van der Waals surface area contributed by atoms with Crippen LogP contribution in [0.2, 0.25) is 0 Å². The molecular weight excluding hydrogens is 204 g/mol. The van der Waals surface area contributed by atoms with E-state index in [4.69, 9.17) is 0 Å². The third-order valence-electron chi connectivity index (χ3n) is 3.48. The normalized spacial score (nSPS) is 25.1. The average molecular weight is 226 g/mol. The molecule has 0 radical (unpaired) electrons. The first-order valence-electron chi connectivity index (χ1n) is 6.15. The molecule has 2 aliphatic heterocycles. The van der Waals surface area contributed by atoms with Crippen LogP contribution in [0.1, 0.15) is 0 Å². The van der Waals surface area contributed by atoms with E-state index in [2.05, 4.69) is 15.1 Å². The van der Waals surface area contributed by atoms with E-state index in [0.29, 0.717) is 6.54 Å². The van der Waals surface area contributed by atoms with E-state index in [-0.39, 0.29) is 5.91 Å². The summed E-state index contributed by atoms with van der Waals surface area (Å²) in [6.45, 7) is 9.10. The Morgan fingerprint density at radius 1 is 1.06 bits per heavy atom. The van der Waals surface area contributed by atoms with Gasteiger partial charge in [-0.05, 0) is 0 Å². The summed E-state index contributed by atoms with van der Waals surface area (Å²) in [6, 6.07) is 0. The molecule has 5 nitrogen and oxygen atoms in total. The number of hydrogen-bond acceptors (Lipinski definition) is 4. The first-order valence-corrected chi connectivity index (χ1v) is 6.15. The molecule has 0 aliphatic carbocycles. The van der Waals surface area contributed by atoms with Gasteiger partial charge in [0, 0.05) is 59.4 Å². The van der Waals surface area contributed by atoms with Crippen molar-refractivity contribution in [2.75, 3.05) is 66.0 Å². The summed E-state index contributed by atoms with van der Waals surface area (Å²) >= 11 is 0. The van der Waals surface area contributed by atoms with Gasteiger partial charge in [0.1, 0.15) is 0 Å². The SMILES string of the molecule is CN1CCN(CCN2CCNCC2)CC1=O. The number of rotatable bonds is 3. The molecule has 1 amide bonds. The average Bonchev–Trinajstić information content (AvgIpc) is 2.32. The predicted molar refractivity (Wildman–Crippen MR) is 63.4 cm³/mol. The van der Waals surface area contributed by atoms with Gasteiger partial charge in [-0.2, -0.15) is 0 Å². The first-order chi connectivity index (χ1) is 7.75. The Labute approximate surface area is 97.4 Å². The van der Waals surface area contributed by atoms with Crippen molar-refractivity contribution in [1.82, 2.24) is 20.0 Å². The molecule has 0 spiro atoms. The Kier molecular flexibility index (Phi) is 4.15. The number of piperazine rings is 2. The van der Waals surface area contributed by atoms with E-state index < -0.39 is 0 Å². The van der Waals surface area contributed by atoms with E-state index in [1.165, 1.54) is 0 Å². The predicted octanol–water partition coefficient (Wildman–Crippen LogP) is -1.33. The molecule has 0 aromatic heterocycles. The zero-order chi connectivity index (χ0) is 11.4. The van der Waals surface area contributed by atoms with Gasteiger partial charge in [0.05, 0.1) is 6.54 Å². The summed E-state index contributed by atoms with van der Waals surface area (Å²) in [7, 11) is 1.88. The van der Waals surface area contributed by atoms with Crippen LogP contribution < -0.4 is 5.32 Å². The highest BCUT2D eigenvalue weighted by Gasteiger charge is 2.21. The van der Waals surface area contributed by atoms with Crippen molar-refractivity contribution in [2.45, 2.75) is 0 Å². The lowest BCUT2D eigenvalue weighted by Crippen LogP contribution is -2.51. The maximum atomic E-state index is 11.5. The fourth-order valence-electron chi connectivity index (χ4n) is 2.22. The zero-order valence-corrected chi connectivity index (χ0v) is 10.1. The number of carbonyl (C=O) groups is 1. The third-order valence-corrected chi connectivity index (χ3v) is 3.48. The molecule has 2 aliphatic rings. The summed E-state index contributed by atoms with van der Waals surface area (Å²) in [5.74, 6) is 0.256. The van der Waals surface area contributed by atoms with Gasteiger partial charge in [0.25, 0.3) is 0 Å². The molecule has 5 heteroatoms. The summed E-state index contributed by atoms with van der Waals surface area (Å²) in [5, 5.41) is 3.35. The Balaban J connectivity index is 1.67. The van der Waals surface area contributed by atoms with Gasteiger partial charge in [-0.15, -0.1) is 0 Å². The molecule has 2 rings (SSSR count). The topological polar surface area (TPSA) is 38.8 Å². The van der Waals surface area contributed by atoms with Crippen molar-refractivity contribution in [3.8, 4) is 0 Å². The van der Waals surface area contributed by atoms with Gasteiger partial charge in [-0.3, -0.25) is 14.6 Å². The molecule has 2 fully saturated rings. The molecule has 0 aromatic carbocycles. The Hall–Kier alpha value is -0.650. The monoisotopic (exact) mass is 226 g/mol. The van der Waals surface area contributed by atoms with Gasteiger partial charge >= 0.3 is 0 Å². The Bertz CT molecular complexity index is 240. The maximum Gasteiger partial charge on any atom is 0.236 e. The van der Waals surface area contributed by atoms with Crippen LogP contribution in [0.4, 0.5) is 0 Å². The summed E-state index contributed by atoms with van der Waals surface area (Å²) in [5.41, 5.74) is 0. The second kappa shape index (κ2) is 5.61. The zero-order valence-electron chi connectivity index (χ0n) is 10.1. The minimum absolute atomic E-state index is 0.256. The number of amides is 1. The number of carbonyl (C=O) groups excluding carboxylic acids is 1. The van der Waals surface area contributed by atoms with Crippen molar-refractivity contribution in [2.24, 2.45) is 0 Å². The van der Waals surface area contributed by atoms with Crippen LogP contribution in [-0.2, 0) is 4.79 Å². The number of nitrogens with one attached hydrogen (secondary N) is 1. The highest BCUT2D eigenvalue weighted by molar-refractivity contribution is 5.78. The lowest BCUT2D eigenvalue weighted by atomic mass is 10.3. The Morgan fingerprint density at radius 2 is 1.75 bits per heavy atom. The molecule has 1 N–H and O–H groups in total. The fraction of sp³-hybridized carbons (Fsp3) is 0.909.